The second-order valence-corrected chi connectivity index (χ2v) is 7.08. The number of hydrogen-bond donors (Lipinski definition) is 0. The first-order valence-electron chi connectivity index (χ1n) is 6.51. The van der Waals surface area contributed by atoms with E-state index in [2.05, 4.69) is 0 Å². The summed E-state index contributed by atoms with van der Waals surface area (Å²) in [5.41, 5.74) is 0.999. The van der Waals surface area contributed by atoms with Crippen LogP contribution in [0.1, 0.15) is 25.0 Å². The molecule has 108 valence electrons. The first-order chi connectivity index (χ1) is 9.34. The maximum absolute atomic E-state index is 12.7. The van der Waals surface area contributed by atoms with Crippen LogP contribution in [0.5, 0.6) is 0 Å². The van der Waals surface area contributed by atoms with Crippen molar-refractivity contribution >= 4 is 10.0 Å². The van der Waals surface area contributed by atoms with Gasteiger partial charge in [-0.3, -0.25) is 0 Å². The molecule has 20 heavy (non-hydrogen) atoms. The summed E-state index contributed by atoms with van der Waals surface area (Å²) in [7, 11) is -3.59. The van der Waals surface area contributed by atoms with E-state index in [0.29, 0.717) is 24.2 Å². The Balaban J connectivity index is 2.42. The summed E-state index contributed by atoms with van der Waals surface area (Å²) < 4.78 is 32.5. The fourth-order valence-corrected chi connectivity index (χ4v) is 4.25. The number of ether oxygens (including phenoxy) is 1. The Morgan fingerprint density at radius 3 is 2.45 bits per heavy atom. The largest absolute Gasteiger partial charge is 0.373 e. The third kappa shape index (κ3) is 2.85. The molecular formula is C14H18N2O3S. The van der Waals surface area contributed by atoms with Crippen molar-refractivity contribution in [2.75, 3.05) is 13.1 Å². The first kappa shape index (κ1) is 15.0. The van der Waals surface area contributed by atoms with E-state index < -0.39 is 10.0 Å². The van der Waals surface area contributed by atoms with Crippen molar-refractivity contribution < 1.29 is 13.2 Å². The van der Waals surface area contributed by atoms with Gasteiger partial charge in [-0.15, -0.1) is 0 Å². The molecule has 0 bridgehead atoms. The van der Waals surface area contributed by atoms with Crippen molar-refractivity contribution in [2.45, 2.75) is 37.9 Å². The van der Waals surface area contributed by atoms with Crippen molar-refractivity contribution in [3.8, 4) is 6.07 Å². The molecule has 0 amide bonds. The lowest BCUT2D eigenvalue weighted by Crippen LogP contribution is -2.48. The molecule has 0 aliphatic carbocycles. The molecule has 5 nitrogen and oxygen atoms in total. The van der Waals surface area contributed by atoms with E-state index in [1.807, 2.05) is 19.9 Å². The zero-order chi connectivity index (χ0) is 14.9. The Morgan fingerprint density at radius 2 is 1.90 bits per heavy atom. The minimum atomic E-state index is -3.59. The molecule has 6 heteroatoms. The molecule has 0 aromatic heterocycles. The number of hydrogen-bond acceptors (Lipinski definition) is 4. The van der Waals surface area contributed by atoms with Crippen molar-refractivity contribution in [3.05, 3.63) is 29.3 Å². The highest BCUT2D eigenvalue weighted by atomic mass is 32.2. The average Bonchev–Trinajstić information content (AvgIpc) is 2.38. The molecule has 0 unspecified atom stereocenters. The van der Waals surface area contributed by atoms with E-state index in [1.54, 1.807) is 19.1 Å². The second-order valence-electron chi connectivity index (χ2n) is 5.17. The van der Waals surface area contributed by atoms with Crippen LogP contribution in [0.4, 0.5) is 0 Å². The van der Waals surface area contributed by atoms with Gasteiger partial charge in [-0.2, -0.15) is 9.57 Å². The molecule has 1 aliphatic heterocycles. The van der Waals surface area contributed by atoms with Crippen LogP contribution < -0.4 is 0 Å². The zero-order valence-corrected chi connectivity index (χ0v) is 12.6. The third-order valence-corrected chi connectivity index (χ3v) is 5.29. The van der Waals surface area contributed by atoms with Crippen LogP contribution in [0.3, 0.4) is 0 Å². The van der Waals surface area contributed by atoms with Crippen molar-refractivity contribution in [3.63, 3.8) is 0 Å². The normalized spacial score (nSPS) is 24.3. The summed E-state index contributed by atoms with van der Waals surface area (Å²) in [6.45, 7) is 6.13. The quantitative estimate of drug-likeness (QED) is 0.832. The Kier molecular flexibility index (Phi) is 4.14. The number of aryl methyl sites for hydroxylation is 1. The third-order valence-electron chi connectivity index (χ3n) is 3.32. The predicted octanol–water partition coefficient (Wildman–Crippen LogP) is 1.66. The summed E-state index contributed by atoms with van der Waals surface area (Å²) in [6, 6.07) is 6.71. The molecule has 1 aliphatic rings. The van der Waals surface area contributed by atoms with E-state index in [0.717, 1.165) is 0 Å². The highest BCUT2D eigenvalue weighted by Crippen LogP contribution is 2.24. The van der Waals surface area contributed by atoms with Crippen LogP contribution in [-0.2, 0) is 14.8 Å². The Hall–Kier alpha value is -1.42. The number of nitriles is 1. The van der Waals surface area contributed by atoms with Gasteiger partial charge in [0.25, 0.3) is 0 Å². The molecule has 0 radical (unpaired) electrons. The number of rotatable bonds is 2. The Labute approximate surface area is 119 Å². The molecule has 1 aromatic rings. The lowest BCUT2D eigenvalue weighted by atomic mass is 10.2. The van der Waals surface area contributed by atoms with Gasteiger partial charge >= 0.3 is 0 Å². The Bertz CT molecular complexity index is 639. The molecule has 2 rings (SSSR count). The van der Waals surface area contributed by atoms with E-state index in [9.17, 15) is 8.42 Å². The lowest BCUT2D eigenvalue weighted by Gasteiger charge is -2.34. The van der Waals surface area contributed by atoms with Crippen LogP contribution >= 0.6 is 0 Å². The molecule has 0 spiro atoms. The standard InChI is InChI=1S/C14H18N2O3S/c1-10-4-5-13(7-15)6-14(10)20(17,18)16-8-11(2)19-12(3)9-16/h4-6,11-12H,8-9H2,1-3H3/t11-,12+. The van der Waals surface area contributed by atoms with Gasteiger partial charge in [0.15, 0.2) is 0 Å². The fourth-order valence-electron chi connectivity index (χ4n) is 2.41. The first-order valence-corrected chi connectivity index (χ1v) is 7.95. The molecule has 1 fully saturated rings. The number of benzene rings is 1. The highest BCUT2D eigenvalue weighted by molar-refractivity contribution is 7.89. The van der Waals surface area contributed by atoms with E-state index in [-0.39, 0.29) is 17.1 Å². The van der Waals surface area contributed by atoms with Crippen LogP contribution in [-0.4, -0.2) is 38.0 Å². The summed E-state index contributed by atoms with van der Waals surface area (Å²) in [5.74, 6) is 0. The van der Waals surface area contributed by atoms with Crippen molar-refractivity contribution in [2.24, 2.45) is 0 Å². The van der Waals surface area contributed by atoms with Gasteiger partial charge < -0.3 is 4.74 Å². The van der Waals surface area contributed by atoms with Gasteiger partial charge in [-0.25, -0.2) is 8.42 Å². The lowest BCUT2D eigenvalue weighted by molar-refractivity contribution is -0.0440. The van der Waals surface area contributed by atoms with Gasteiger partial charge in [0.05, 0.1) is 28.7 Å². The molecule has 2 atom stereocenters. The van der Waals surface area contributed by atoms with Gasteiger partial charge in [0.2, 0.25) is 10.0 Å². The highest BCUT2D eigenvalue weighted by Gasteiger charge is 2.33. The van der Waals surface area contributed by atoms with Crippen LogP contribution in [0.2, 0.25) is 0 Å². The summed E-state index contributed by atoms with van der Waals surface area (Å²) in [4.78, 5) is 0.206. The molecule has 1 aromatic carbocycles. The van der Waals surface area contributed by atoms with Crippen molar-refractivity contribution in [1.82, 2.24) is 4.31 Å². The van der Waals surface area contributed by atoms with Gasteiger partial charge in [0, 0.05) is 13.1 Å². The minimum absolute atomic E-state index is 0.131. The van der Waals surface area contributed by atoms with Gasteiger partial charge in [-0.05, 0) is 38.5 Å². The van der Waals surface area contributed by atoms with Crippen molar-refractivity contribution in [1.29, 1.82) is 5.26 Å². The molecule has 1 heterocycles. The summed E-state index contributed by atoms with van der Waals surface area (Å²) in [6.07, 6.45) is -0.263. The van der Waals surface area contributed by atoms with Crippen LogP contribution in [0.25, 0.3) is 0 Å². The van der Waals surface area contributed by atoms with Gasteiger partial charge in [0.1, 0.15) is 0 Å². The van der Waals surface area contributed by atoms with Crippen LogP contribution in [0, 0.1) is 18.3 Å². The fraction of sp³-hybridized carbons (Fsp3) is 0.500. The number of morpholine rings is 1. The topological polar surface area (TPSA) is 70.4 Å². The zero-order valence-electron chi connectivity index (χ0n) is 11.8. The molecule has 0 N–H and O–H groups in total. The van der Waals surface area contributed by atoms with E-state index in [1.165, 1.54) is 10.4 Å². The van der Waals surface area contributed by atoms with E-state index >= 15 is 0 Å². The predicted molar refractivity (Wildman–Crippen MR) is 74.7 cm³/mol. The molecular weight excluding hydrogens is 276 g/mol. The summed E-state index contributed by atoms with van der Waals surface area (Å²) in [5, 5.41) is 8.93. The molecule has 0 saturated carbocycles. The maximum atomic E-state index is 12.7. The van der Waals surface area contributed by atoms with Gasteiger partial charge in [-0.1, -0.05) is 6.07 Å². The second kappa shape index (κ2) is 5.52. The number of sulfonamides is 1. The van der Waals surface area contributed by atoms with E-state index in [4.69, 9.17) is 10.00 Å². The maximum Gasteiger partial charge on any atom is 0.243 e. The minimum Gasteiger partial charge on any atom is -0.373 e. The SMILES string of the molecule is Cc1ccc(C#N)cc1S(=O)(=O)N1C[C@@H](C)O[C@@H](C)C1. The average molecular weight is 294 g/mol. The number of nitrogens with zero attached hydrogens (tertiary/aromatic N) is 2. The smallest absolute Gasteiger partial charge is 0.243 e. The van der Waals surface area contributed by atoms with Crippen LogP contribution in [0.15, 0.2) is 23.1 Å². The molecule has 1 saturated heterocycles. The Morgan fingerprint density at radius 1 is 1.30 bits per heavy atom. The monoisotopic (exact) mass is 294 g/mol. The summed E-state index contributed by atoms with van der Waals surface area (Å²) >= 11 is 0.